The van der Waals surface area contributed by atoms with Crippen molar-refractivity contribution >= 4 is 5.82 Å². The van der Waals surface area contributed by atoms with Crippen LogP contribution in [0.15, 0.2) is 42.9 Å². The first-order chi connectivity index (χ1) is 10.7. The van der Waals surface area contributed by atoms with Gasteiger partial charge >= 0.3 is 0 Å². The molecule has 6 heteroatoms. The topological polar surface area (TPSA) is 58.5 Å². The lowest BCUT2D eigenvalue weighted by atomic mass is 9.93. The fourth-order valence-electron chi connectivity index (χ4n) is 2.77. The fraction of sp³-hybridized carbons (Fsp3) is 0.375. The van der Waals surface area contributed by atoms with Crippen LogP contribution in [0, 0.1) is 5.82 Å². The van der Waals surface area contributed by atoms with E-state index in [1.165, 1.54) is 12.1 Å². The van der Waals surface area contributed by atoms with Crippen LogP contribution in [-0.4, -0.2) is 47.0 Å². The summed E-state index contributed by atoms with van der Waals surface area (Å²) in [4.78, 5) is 10.4. The Morgan fingerprint density at radius 2 is 2.27 bits per heavy atom. The van der Waals surface area contributed by atoms with Crippen LogP contribution in [-0.2, 0) is 11.2 Å². The molecule has 1 atom stereocenters. The van der Waals surface area contributed by atoms with Gasteiger partial charge in [0.2, 0.25) is 0 Å². The maximum Gasteiger partial charge on any atom is 0.147 e. The highest BCUT2D eigenvalue weighted by molar-refractivity contribution is 5.37. The van der Waals surface area contributed by atoms with Crippen LogP contribution in [0.3, 0.4) is 0 Å². The summed E-state index contributed by atoms with van der Waals surface area (Å²) in [6.45, 7) is 1.51. The van der Waals surface area contributed by atoms with Gasteiger partial charge in [-0.25, -0.2) is 9.37 Å². The van der Waals surface area contributed by atoms with Gasteiger partial charge in [-0.05, 0) is 17.7 Å². The maximum absolute atomic E-state index is 13.4. The maximum atomic E-state index is 13.4. The normalized spacial score (nSPS) is 21.8. The number of ether oxygens (including phenoxy) is 1. The van der Waals surface area contributed by atoms with E-state index in [9.17, 15) is 9.50 Å². The third kappa shape index (κ3) is 3.23. The molecule has 1 saturated heterocycles. The van der Waals surface area contributed by atoms with Crippen molar-refractivity contribution in [3.8, 4) is 0 Å². The van der Waals surface area contributed by atoms with Crippen molar-refractivity contribution in [1.29, 1.82) is 0 Å². The zero-order valence-corrected chi connectivity index (χ0v) is 12.2. The Morgan fingerprint density at radius 3 is 3.00 bits per heavy atom. The number of aliphatic hydroxyl groups is 1. The number of aliphatic hydroxyl groups excluding tert-OH is 1. The molecule has 0 saturated carbocycles. The molecule has 0 spiro atoms. The van der Waals surface area contributed by atoms with Crippen LogP contribution < -0.4 is 4.90 Å². The second kappa shape index (κ2) is 6.37. The summed E-state index contributed by atoms with van der Waals surface area (Å²) in [5, 5.41) is 9.86. The van der Waals surface area contributed by atoms with E-state index in [0.29, 0.717) is 26.1 Å². The Morgan fingerprint density at radius 1 is 1.36 bits per heavy atom. The van der Waals surface area contributed by atoms with Gasteiger partial charge in [0, 0.05) is 25.4 Å². The van der Waals surface area contributed by atoms with Gasteiger partial charge in [0.25, 0.3) is 0 Å². The number of halogens is 1. The molecule has 0 unspecified atom stereocenters. The lowest BCUT2D eigenvalue weighted by Crippen LogP contribution is -2.55. The predicted octanol–water partition coefficient (Wildman–Crippen LogP) is 1.43. The number of morpholine rings is 1. The SMILES string of the molecule is OC[C@]1(Cc2cccc(F)c2)CN(c2cnccn2)CCO1. The van der Waals surface area contributed by atoms with Crippen molar-refractivity contribution in [2.75, 3.05) is 31.2 Å². The standard InChI is InChI=1S/C16H18FN3O2/c17-14-3-1-2-13(8-14)9-16(12-21)11-20(6-7-22-16)15-10-18-4-5-19-15/h1-5,8,10,21H,6-7,9,11-12H2/t16-/m0/s1. The molecule has 1 N–H and O–H groups in total. The Balaban J connectivity index is 1.80. The number of aromatic nitrogens is 2. The molecular weight excluding hydrogens is 285 g/mol. The zero-order valence-electron chi connectivity index (χ0n) is 12.2. The molecule has 0 aliphatic carbocycles. The molecule has 0 bridgehead atoms. The van der Waals surface area contributed by atoms with E-state index in [-0.39, 0.29) is 12.4 Å². The van der Waals surface area contributed by atoms with Crippen LogP contribution in [0.4, 0.5) is 10.2 Å². The molecule has 1 aromatic carbocycles. The van der Waals surface area contributed by atoms with Gasteiger partial charge in [0.15, 0.2) is 0 Å². The molecular formula is C16H18FN3O2. The highest BCUT2D eigenvalue weighted by Gasteiger charge is 2.37. The van der Waals surface area contributed by atoms with E-state index in [2.05, 4.69) is 9.97 Å². The molecule has 3 rings (SSSR count). The number of nitrogens with zero attached hydrogens (tertiary/aromatic N) is 3. The highest BCUT2D eigenvalue weighted by Crippen LogP contribution is 2.25. The molecule has 0 radical (unpaired) electrons. The third-order valence-electron chi connectivity index (χ3n) is 3.83. The van der Waals surface area contributed by atoms with Gasteiger partial charge in [0.05, 0.1) is 26.0 Å². The van der Waals surface area contributed by atoms with Gasteiger partial charge in [-0.15, -0.1) is 0 Å². The monoisotopic (exact) mass is 303 g/mol. The van der Waals surface area contributed by atoms with Crippen molar-refractivity contribution in [1.82, 2.24) is 9.97 Å². The van der Waals surface area contributed by atoms with E-state index >= 15 is 0 Å². The smallest absolute Gasteiger partial charge is 0.147 e. The van der Waals surface area contributed by atoms with Gasteiger partial charge in [-0.3, -0.25) is 4.98 Å². The molecule has 2 heterocycles. The molecule has 22 heavy (non-hydrogen) atoms. The van der Waals surface area contributed by atoms with Crippen molar-refractivity contribution < 1.29 is 14.2 Å². The third-order valence-corrected chi connectivity index (χ3v) is 3.83. The average Bonchev–Trinajstić information content (AvgIpc) is 2.56. The molecule has 5 nitrogen and oxygen atoms in total. The summed E-state index contributed by atoms with van der Waals surface area (Å²) in [7, 11) is 0. The van der Waals surface area contributed by atoms with Gasteiger partial charge < -0.3 is 14.7 Å². The van der Waals surface area contributed by atoms with Crippen molar-refractivity contribution in [3.05, 3.63) is 54.2 Å². The number of anilines is 1. The van der Waals surface area contributed by atoms with Crippen LogP contribution in [0.25, 0.3) is 0 Å². The lowest BCUT2D eigenvalue weighted by molar-refractivity contribution is -0.0869. The van der Waals surface area contributed by atoms with Crippen molar-refractivity contribution in [2.24, 2.45) is 0 Å². The first kappa shape index (κ1) is 14.9. The lowest BCUT2D eigenvalue weighted by Gasteiger charge is -2.42. The Hall–Kier alpha value is -2.05. The molecule has 1 aliphatic heterocycles. The first-order valence-electron chi connectivity index (χ1n) is 7.21. The minimum absolute atomic E-state index is 0.139. The highest BCUT2D eigenvalue weighted by atomic mass is 19.1. The Labute approximate surface area is 128 Å². The largest absolute Gasteiger partial charge is 0.393 e. The molecule has 2 aromatic rings. The number of rotatable bonds is 4. The molecule has 116 valence electrons. The summed E-state index contributed by atoms with van der Waals surface area (Å²) >= 11 is 0. The van der Waals surface area contributed by atoms with Gasteiger partial charge in [0.1, 0.15) is 17.2 Å². The fourth-order valence-corrected chi connectivity index (χ4v) is 2.77. The summed E-state index contributed by atoms with van der Waals surface area (Å²) in [6, 6.07) is 6.38. The number of hydrogen-bond donors (Lipinski definition) is 1. The van der Waals surface area contributed by atoms with Crippen LogP contribution in [0.1, 0.15) is 5.56 Å². The average molecular weight is 303 g/mol. The summed E-state index contributed by atoms with van der Waals surface area (Å²) in [5.41, 5.74) is 0.0406. The summed E-state index contributed by atoms with van der Waals surface area (Å²) in [5.74, 6) is 0.468. The summed E-state index contributed by atoms with van der Waals surface area (Å²) < 4.78 is 19.2. The predicted molar refractivity (Wildman–Crippen MR) is 80.1 cm³/mol. The second-order valence-corrected chi connectivity index (χ2v) is 5.48. The quantitative estimate of drug-likeness (QED) is 0.926. The molecule has 1 aliphatic rings. The van der Waals surface area contributed by atoms with Crippen LogP contribution in [0.2, 0.25) is 0 Å². The van der Waals surface area contributed by atoms with E-state index in [1.54, 1.807) is 24.7 Å². The summed E-state index contributed by atoms with van der Waals surface area (Å²) in [6.07, 6.45) is 5.39. The van der Waals surface area contributed by atoms with Crippen molar-refractivity contribution in [3.63, 3.8) is 0 Å². The van der Waals surface area contributed by atoms with Crippen LogP contribution in [0.5, 0.6) is 0 Å². The zero-order chi connectivity index (χ0) is 15.4. The minimum atomic E-state index is -0.760. The van der Waals surface area contributed by atoms with Crippen LogP contribution >= 0.6 is 0 Å². The molecule has 0 amide bonds. The van der Waals surface area contributed by atoms with E-state index in [4.69, 9.17) is 4.74 Å². The minimum Gasteiger partial charge on any atom is -0.393 e. The Kier molecular flexibility index (Phi) is 4.31. The first-order valence-corrected chi connectivity index (χ1v) is 7.21. The number of benzene rings is 1. The van der Waals surface area contributed by atoms with E-state index < -0.39 is 5.60 Å². The van der Waals surface area contributed by atoms with E-state index in [1.807, 2.05) is 11.0 Å². The second-order valence-electron chi connectivity index (χ2n) is 5.48. The Bertz CT molecular complexity index is 626. The van der Waals surface area contributed by atoms with Gasteiger partial charge in [-0.1, -0.05) is 12.1 Å². The van der Waals surface area contributed by atoms with Gasteiger partial charge in [-0.2, -0.15) is 0 Å². The number of hydrogen-bond acceptors (Lipinski definition) is 5. The van der Waals surface area contributed by atoms with E-state index in [0.717, 1.165) is 11.4 Å². The van der Waals surface area contributed by atoms with Crippen molar-refractivity contribution in [2.45, 2.75) is 12.0 Å². The molecule has 1 fully saturated rings. The molecule has 1 aromatic heterocycles.